The second-order valence-electron chi connectivity index (χ2n) is 12.5. The Morgan fingerprint density at radius 3 is 2.40 bits per heavy atom. The molecule has 35 heavy (non-hydrogen) atoms. The molecule has 3 aliphatic rings. The monoisotopic (exact) mass is 478 g/mol. The molecular weight excluding hydrogens is 438 g/mol. The number of hydrogen-bond donors (Lipinski definition) is 0. The van der Waals surface area contributed by atoms with Crippen molar-refractivity contribution in [3.05, 3.63) is 51.6 Å². The summed E-state index contributed by atoms with van der Waals surface area (Å²) >= 11 is 0. The summed E-state index contributed by atoms with van der Waals surface area (Å²) in [4.78, 5) is 14.0. The molecule has 0 N–H and O–H groups in total. The predicted molar refractivity (Wildman–Crippen MR) is 138 cm³/mol. The van der Waals surface area contributed by atoms with Gasteiger partial charge in [0, 0.05) is 12.0 Å². The Labute approximate surface area is 210 Å². The number of carbonyl (C=O) groups excluding carboxylic acids is 1. The zero-order valence-corrected chi connectivity index (χ0v) is 22.8. The highest BCUT2D eigenvalue weighted by atomic mass is 16.7. The van der Waals surface area contributed by atoms with Crippen LogP contribution in [0.15, 0.2) is 18.2 Å². The summed E-state index contributed by atoms with van der Waals surface area (Å²) in [5.41, 5.74) is 7.04. The topological polar surface area (TPSA) is 44.8 Å². The van der Waals surface area contributed by atoms with E-state index in [4.69, 9.17) is 14.2 Å². The lowest BCUT2D eigenvalue weighted by molar-refractivity contribution is -0.922. The Kier molecular flexibility index (Phi) is 5.34. The Morgan fingerprint density at radius 1 is 1.09 bits per heavy atom. The number of nitrogens with zero attached hydrogens (tertiary/aromatic N) is 1. The van der Waals surface area contributed by atoms with E-state index < -0.39 is 0 Å². The van der Waals surface area contributed by atoms with E-state index in [1.165, 1.54) is 16.7 Å². The van der Waals surface area contributed by atoms with Crippen LogP contribution in [-0.2, 0) is 17.3 Å². The number of rotatable bonds is 4. The van der Waals surface area contributed by atoms with Gasteiger partial charge < -0.3 is 18.7 Å². The van der Waals surface area contributed by atoms with Crippen molar-refractivity contribution in [1.82, 2.24) is 0 Å². The van der Waals surface area contributed by atoms with Crippen LogP contribution in [0.5, 0.6) is 17.2 Å². The van der Waals surface area contributed by atoms with Crippen LogP contribution in [0, 0.1) is 12.8 Å². The Morgan fingerprint density at radius 2 is 1.74 bits per heavy atom. The molecular formula is C30H40NO4+. The molecule has 2 aliphatic heterocycles. The van der Waals surface area contributed by atoms with Crippen LogP contribution in [0.1, 0.15) is 85.3 Å². The molecule has 0 spiro atoms. The smallest absolute Gasteiger partial charge is 0.231 e. The quantitative estimate of drug-likeness (QED) is 0.406. The summed E-state index contributed by atoms with van der Waals surface area (Å²) in [6.07, 6.45) is 1.34. The van der Waals surface area contributed by atoms with Crippen molar-refractivity contribution in [1.29, 1.82) is 0 Å². The van der Waals surface area contributed by atoms with Gasteiger partial charge in [0.05, 0.1) is 39.7 Å². The first kappa shape index (κ1) is 24.2. The van der Waals surface area contributed by atoms with E-state index in [1.807, 2.05) is 0 Å². The van der Waals surface area contributed by atoms with E-state index in [0.29, 0.717) is 18.1 Å². The Hall–Kier alpha value is -2.53. The van der Waals surface area contributed by atoms with Gasteiger partial charge in [-0.15, -0.1) is 0 Å². The highest BCUT2D eigenvalue weighted by Gasteiger charge is 2.49. The molecule has 0 amide bonds. The molecule has 5 rings (SSSR count). The number of fused-ring (bicyclic) bond motifs is 3. The molecule has 5 nitrogen and oxygen atoms in total. The van der Waals surface area contributed by atoms with Crippen LogP contribution in [-0.4, -0.2) is 44.8 Å². The summed E-state index contributed by atoms with van der Waals surface area (Å²) in [5.74, 6) is 2.82. The predicted octanol–water partition coefficient (Wildman–Crippen LogP) is 5.88. The van der Waals surface area contributed by atoms with Gasteiger partial charge in [-0.1, -0.05) is 40.7 Å². The molecule has 0 unspecified atom stereocenters. The number of Topliss-reactive ketones (excluding diaryl/α,β-unsaturated/α-hetero) is 1. The summed E-state index contributed by atoms with van der Waals surface area (Å²) < 4.78 is 18.1. The average Bonchev–Trinajstić information content (AvgIpc) is 3.30. The summed E-state index contributed by atoms with van der Waals surface area (Å²) in [6, 6.07) is 6.55. The van der Waals surface area contributed by atoms with E-state index in [0.717, 1.165) is 45.6 Å². The van der Waals surface area contributed by atoms with Gasteiger partial charge in [0.15, 0.2) is 17.3 Å². The number of quaternary nitrogens is 1. The lowest BCUT2D eigenvalue weighted by Crippen LogP contribution is -2.48. The van der Waals surface area contributed by atoms with Gasteiger partial charge in [-0.3, -0.25) is 4.79 Å². The zero-order chi connectivity index (χ0) is 25.5. The van der Waals surface area contributed by atoms with E-state index in [2.05, 4.69) is 73.8 Å². The maximum absolute atomic E-state index is 14.0. The van der Waals surface area contributed by atoms with Gasteiger partial charge in [0.25, 0.3) is 0 Å². The zero-order valence-electron chi connectivity index (χ0n) is 22.8. The third-order valence-electron chi connectivity index (χ3n) is 9.68. The standard InChI is InChI=1S/C30H40NO4/c1-17-12-21-22(30(5,6)18(2)29(21,3)4)14-20(17)24(32)15-23-26-19(10-11-31(23,7)8)13-25-27(28(26)33-9)35-16-34-25/h12-14,18,23H,10-11,15-16H2,1-9H3/q+1/t18-,23+/m0/s1. The molecule has 0 fully saturated rings. The number of hydrogen-bond acceptors (Lipinski definition) is 4. The molecule has 2 heterocycles. The van der Waals surface area contributed by atoms with E-state index in [-0.39, 0.29) is 29.4 Å². The van der Waals surface area contributed by atoms with Gasteiger partial charge in [0.2, 0.25) is 12.5 Å². The van der Waals surface area contributed by atoms with Crippen molar-refractivity contribution >= 4 is 5.78 Å². The largest absolute Gasteiger partial charge is 0.492 e. The number of aryl methyl sites for hydroxylation is 1. The third kappa shape index (κ3) is 3.41. The molecule has 5 heteroatoms. The fourth-order valence-electron chi connectivity index (χ4n) is 6.84. The lowest BCUT2D eigenvalue weighted by atomic mass is 9.71. The third-order valence-corrected chi connectivity index (χ3v) is 9.68. The fraction of sp³-hybridized carbons (Fsp3) is 0.567. The highest BCUT2D eigenvalue weighted by Crippen LogP contribution is 2.55. The van der Waals surface area contributed by atoms with Gasteiger partial charge in [0.1, 0.15) is 6.04 Å². The molecule has 188 valence electrons. The van der Waals surface area contributed by atoms with Crippen molar-refractivity contribution in [2.24, 2.45) is 5.92 Å². The molecule has 2 atom stereocenters. The molecule has 0 radical (unpaired) electrons. The SMILES string of the molecule is COc1c2c(cc3c1[C@@H](CC(=O)c1cc4c(cc1C)C(C)(C)[C@H](C)C4(C)C)[N+](C)(C)CC3)OCO2. The first-order chi connectivity index (χ1) is 16.3. The fourth-order valence-corrected chi connectivity index (χ4v) is 6.84. The normalized spacial score (nSPS) is 24.6. The number of carbonyl (C=O) groups is 1. The number of ketones is 1. The van der Waals surface area contributed by atoms with E-state index >= 15 is 0 Å². The van der Waals surface area contributed by atoms with E-state index in [1.54, 1.807) is 7.11 Å². The lowest BCUT2D eigenvalue weighted by Gasteiger charge is -2.43. The maximum Gasteiger partial charge on any atom is 0.231 e. The maximum atomic E-state index is 14.0. The van der Waals surface area contributed by atoms with Gasteiger partial charge in [-0.25, -0.2) is 0 Å². The first-order valence-corrected chi connectivity index (χ1v) is 12.8. The van der Waals surface area contributed by atoms with Gasteiger partial charge in [-0.2, -0.15) is 0 Å². The molecule has 2 aromatic rings. The highest BCUT2D eigenvalue weighted by molar-refractivity contribution is 5.98. The molecule has 2 aromatic carbocycles. The molecule has 0 bridgehead atoms. The summed E-state index contributed by atoms with van der Waals surface area (Å²) in [7, 11) is 6.11. The van der Waals surface area contributed by atoms with Crippen molar-refractivity contribution < 1.29 is 23.5 Å². The average molecular weight is 479 g/mol. The van der Waals surface area contributed by atoms with Crippen molar-refractivity contribution in [2.75, 3.05) is 34.5 Å². The number of methoxy groups -OCH3 is 1. The minimum atomic E-state index is -0.0215. The van der Waals surface area contributed by atoms with Crippen LogP contribution < -0.4 is 14.2 Å². The molecule has 0 saturated heterocycles. The number of benzene rings is 2. The Balaban J connectivity index is 1.57. The number of ether oxygens (including phenoxy) is 3. The first-order valence-electron chi connectivity index (χ1n) is 12.8. The van der Waals surface area contributed by atoms with E-state index in [9.17, 15) is 4.79 Å². The van der Waals surface area contributed by atoms with Crippen molar-refractivity contribution in [3.63, 3.8) is 0 Å². The van der Waals surface area contributed by atoms with Crippen LogP contribution in [0.2, 0.25) is 0 Å². The second kappa shape index (κ2) is 7.73. The van der Waals surface area contributed by atoms with Crippen molar-refractivity contribution in [2.45, 2.75) is 71.3 Å². The van der Waals surface area contributed by atoms with Crippen molar-refractivity contribution in [3.8, 4) is 17.2 Å². The van der Waals surface area contributed by atoms with Crippen LogP contribution in [0.3, 0.4) is 0 Å². The number of likely N-dealkylation sites (N-methyl/N-ethyl adjacent to an activating group) is 1. The molecule has 0 aromatic heterocycles. The van der Waals surface area contributed by atoms with Crippen LogP contribution >= 0.6 is 0 Å². The van der Waals surface area contributed by atoms with Crippen LogP contribution in [0.25, 0.3) is 0 Å². The van der Waals surface area contributed by atoms with Crippen LogP contribution in [0.4, 0.5) is 0 Å². The minimum absolute atomic E-state index is 0.0215. The second-order valence-corrected chi connectivity index (χ2v) is 12.5. The Bertz CT molecular complexity index is 1220. The molecule has 1 aliphatic carbocycles. The molecule has 0 saturated carbocycles. The van der Waals surface area contributed by atoms with Gasteiger partial charge in [-0.05, 0) is 58.1 Å². The summed E-state index contributed by atoms with van der Waals surface area (Å²) in [5, 5.41) is 0. The van der Waals surface area contributed by atoms with Gasteiger partial charge >= 0.3 is 0 Å². The summed E-state index contributed by atoms with van der Waals surface area (Å²) in [6.45, 7) is 14.9. The minimum Gasteiger partial charge on any atom is -0.492 e.